The number of anilines is 2. The molecule has 0 fully saturated rings. The van der Waals surface area contributed by atoms with Gasteiger partial charge < -0.3 is 15.5 Å². The number of halogens is 1. The molecule has 2 aromatic heterocycles. The van der Waals surface area contributed by atoms with Gasteiger partial charge in [0.05, 0.1) is 4.92 Å². The molecule has 0 aliphatic rings. The molecule has 0 saturated carbocycles. The quantitative estimate of drug-likeness (QED) is 0.636. The average Bonchev–Trinajstić information content (AvgIpc) is 2.75. The van der Waals surface area contributed by atoms with Crippen molar-refractivity contribution in [1.29, 1.82) is 0 Å². The minimum absolute atomic E-state index is 0.164. The molecule has 2 rings (SSSR count). The van der Waals surface area contributed by atoms with Gasteiger partial charge in [-0.3, -0.25) is 10.1 Å². The minimum atomic E-state index is -0.626. The van der Waals surface area contributed by atoms with Gasteiger partial charge in [-0.1, -0.05) is 0 Å². The van der Waals surface area contributed by atoms with Gasteiger partial charge in [0.1, 0.15) is 12.0 Å². The Morgan fingerprint density at radius 1 is 1.53 bits per heavy atom. The van der Waals surface area contributed by atoms with Crippen LogP contribution in [0.4, 0.5) is 17.5 Å². The van der Waals surface area contributed by atoms with Gasteiger partial charge in [0.15, 0.2) is 4.67 Å². The molecule has 0 aliphatic carbocycles. The maximum Gasteiger partial charge on any atom is 0.329 e. The molecule has 0 radical (unpaired) electrons. The fraction of sp³-hybridized carbons (Fsp3) is 0.200. The van der Waals surface area contributed by atoms with Crippen LogP contribution in [-0.2, 0) is 6.42 Å². The maximum absolute atomic E-state index is 10.5. The summed E-state index contributed by atoms with van der Waals surface area (Å²) in [5, 5.41) is 13.5. The molecule has 0 bridgehead atoms. The minimum Gasteiger partial charge on any atom is -0.454 e. The van der Waals surface area contributed by atoms with Gasteiger partial charge in [-0.2, -0.15) is 4.98 Å². The van der Waals surface area contributed by atoms with E-state index in [4.69, 9.17) is 10.2 Å². The van der Waals surface area contributed by atoms with Crippen molar-refractivity contribution in [3.63, 3.8) is 0 Å². The van der Waals surface area contributed by atoms with Crippen LogP contribution < -0.4 is 11.1 Å². The smallest absolute Gasteiger partial charge is 0.329 e. The number of rotatable bonds is 5. The second-order valence-corrected chi connectivity index (χ2v) is 4.39. The molecule has 0 unspecified atom stereocenters. The number of hydrogen-bond acceptors (Lipinski definition) is 7. The number of nitro groups is 1. The molecule has 9 heteroatoms. The molecule has 100 valence electrons. The van der Waals surface area contributed by atoms with Crippen molar-refractivity contribution in [1.82, 2.24) is 9.97 Å². The van der Waals surface area contributed by atoms with E-state index in [2.05, 4.69) is 31.2 Å². The zero-order valence-corrected chi connectivity index (χ0v) is 11.3. The normalized spacial score (nSPS) is 10.4. The summed E-state index contributed by atoms with van der Waals surface area (Å²) in [5.41, 5.74) is 5.15. The lowest BCUT2D eigenvalue weighted by atomic mass is 10.3. The monoisotopic (exact) mass is 327 g/mol. The third-order valence-electron chi connectivity index (χ3n) is 2.28. The molecule has 0 amide bonds. The first-order valence-corrected chi connectivity index (χ1v) is 6.10. The first-order chi connectivity index (χ1) is 9.06. The summed E-state index contributed by atoms with van der Waals surface area (Å²) in [6, 6.07) is 3.65. The fourth-order valence-corrected chi connectivity index (χ4v) is 1.74. The molecule has 3 N–H and O–H groups in total. The van der Waals surface area contributed by atoms with Gasteiger partial charge in [0, 0.05) is 13.0 Å². The van der Waals surface area contributed by atoms with Crippen molar-refractivity contribution in [3.05, 3.63) is 38.9 Å². The summed E-state index contributed by atoms with van der Waals surface area (Å²) in [7, 11) is 0. The van der Waals surface area contributed by atoms with Crippen molar-refractivity contribution in [3.8, 4) is 0 Å². The van der Waals surface area contributed by atoms with Crippen molar-refractivity contribution < 1.29 is 9.34 Å². The molecule has 2 heterocycles. The Hall–Kier alpha value is -2.16. The van der Waals surface area contributed by atoms with Crippen LogP contribution >= 0.6 is 15.9 Å². The summed E-state index contributed by atoms with van der Waals surface area (Å²) in [6.45, 7) is 0.525. The van der Waals surface area contributed by atoms with Crippen LogP contribution in [0.25, 0.3) is 0 Å². The highest BCUT2D eigenvalue weighted by molar-refractivity contribution is 9.10. The highest BCUT2D eigenvalue weighted by atomic mass is 79.9. The summed E-state index contributed by atoms with van der Waals surface area (Å²) < 4.78 is 5.98. The van der Waals surface area contributed by atoms with E-state index in [1.54, 1.807) is 6.07 Å². The van der Waals surface area contributed by atoms with Crippen LogP contribution in [0.15, 0.2) is 27.4 Å². The van der Waals surface area contributed by atoms with E-state index in [-0.39, 0.29) is 17.5 Å². The van der Waals surface area contributed by atoms with Crippen molar-refractivity contribution in [2.45, 2.75) is 6.42 Å². The van der Waals surface area contributed by atoms with Gasteiger partial charge in [-0.15, -0.1) is 0 Å². The van der Waals surface area contributed by atoms with E-state index in [0.717, 1.165) is 12.0 Å². The van der Waals surface area contributed by atoms with E-state index in [0.29, 0.717) is 17.6 Å². The van der Waals surface area contributed by atoms with Gasteiger partial charge in [0.2, 0.25) is 11.8 Å². The number of nitrogens with one attached hydrogen (secondary N) is 1. The van der Waals surface area contributed by atoms with Gasteiger partial charge >= 0.3 is 5.69 Å². The molecule has 0 aliphatic heterocycles. The number of furan rings is 1. The first-order valence-electron chi connectivity index (χ1n) is 5.31. The lowest BCUT2D eigenvalue weighted by Gasteiger charge is -2.03. The van der Waals surface area contributed by atoms with E-state index in [1.165, 1.54) is 0 Å². The van der Waals surface area contributed by atoms with Crippen LogP contribution in [0.3, 0.4) is 0 Å². The summed E-state index contributed by atoms with van der Waals surface area (Å²) in [4.78, 5) is 17.5. The van der Waals surface area contributed by atoms with Crippen molar-refractivity contribution >= 4 is 33.4 Å². The van der Waals surface area contributed by atoms with Crippen molar-refractivity contribution in [2.75, 3.05) is 17.6 Å². The lowest BCUT2D eigenvalue weighted by molar-refractivity contribution is -0.384. The van der Waals surface area contributed by atoms with E-state index < -0.39 is 4.92 Å². The highest BCUT2D eigenvalue weighted by Gasteiger charge is 2.13. The van der Waals surface area contributed by atoms with E-state index in [9.17, 15) is 10.1 Å². The largest absolute Gasteiger partial charge is 0.454 e. The lowest BCUT2D eigenvalue weighted by Crippen LogP contribution is -2.09. The Morgan fingerprint density at radius 2 is 2.32 bits per heavy atom. The number of aromatic nitrogens is 2. The molecule has 0 aromatic carbocycles. The molecule has 19 heavy (non-hydrogen) atoms. The number of hydrogen-bond donors (Lipinski definition) is 2. The number of nitrogens with zero attached hydrogens (tertiary/aromatic N) is 3. The molecule has 2 aromatic rings. The predicted molar refractivity (Wildman–Crippen MR) is 71.7 cm³/mol. The van der Waals surface area contributed by atoms with Crippen LogP contribution in [0, 0.1) is 10.1 Å². The van der Waals surface area contributed by atoms with Gasteiger partial charge in [-0.05, 0) is 28.1 Å². The Kier molecular flexibility index (Phi) is 3.95. The zero-order valence-electron chi connectivity index (χ0n) is 9.67. The summed E-state index contributed by atoms with van der Waals surface area (Å²) >= 11 is 3.21. The third-order valence-corrected chi connectivity index (χ3v) is 2.70. The maximum atomic E-state index is 10.5. The Balaban J connectivity index is 1.93. The summed E-state index contributed by atoms with van der Waals surface area (Å²) in [5.74, 6) is 0.881. The Labute approximate surface area is 116 Å². The van der Waals surface area contributed by atoms with Crippen molar-refractivity contribution in [2.24, 2.45) is 0 Å². The Morgan fingerprint density at radius 3 is 2.89 bits per heavy atom. The molecule has 8 nitrogen and oxygen atoms in total. The van der Waals surface area contributed by atoms with E-state index >= 15 is 0 Å². The second-order valence-electron chi connectivity index (χ2n) is 3.60. The third kappa shape index (κ3) is 3.41. The molecule has 0 atom stereocenters. The van der Waals surface area contributed by atoms with E-state index in [1.807, 2.05) is 6.07 Å². The number of nitrogens with two attached hydrogens (primary N) is 1. The van der Waals surface area contributed by atoms with Crippen LogP contribution in [0.5, 0.6) is 0 Å². The molecular weight excluding hydrogens is 318 g/mol. The SMILES string of the molecule is Nc1nc(NCCc2ccc(Br)o2)ncc1[N+](=O)[O-]. The van der Waals surface area contributed by atoms with Gasteiger partial charge in [-0.25, -0.2) is 4.98 Å². The molecule has 0 saturated heterocycles. The summed E-state index contributed by atoms with van der Waals surface area (Å²) in [6.07, 6.45) is 1.71. The molecular formula is C10H10BrN5O3. The Bertz CT molecular complexity index is 601. The van der Waals surface area contributed by atoms with Crippen LogP contribution in [0.1, 0.15) is 5.76 Å². The van der Waals surface area contributed by atoms with Gasteiger partial charge in [0.25, 0.3) is 0 Å². The fourth-order valence-electron chi connectivity index (χ4n) is 1.40. The molecule has 0 spiro atoms. The van der Waals surface area contributed by atoms with Crippen LogP contribution in [0.2, 0.25) is 0 Å². The average molecular weight is 328 g/mol. The highest BCUT2D eigenvalue weighted by Crippen LogP contribution is 2.18. The zero-order chi connectivity index (χ0) is 13.8. The standard InChI is InChI=1S/C10H10BrN5O3/c11-8-2-1-6(19-8)3-4-13-10-14-5-7(16(17)18)9(12)15-10/h1-2,5H,3-4H2,(H3,12,13,14,15). The second kappa shape index (κ2) is 5.65. The predicted octanol–water partition coefficient (Wildman–Crippen LogP) is 1.98. The number of nitrogen functional groups attached to an aromatic ring is 1. The van der Waals surface area contributed by atoms with Crippen LogP contribution in [-0.4, -0.2) is 21.4 Å². The first kappa shape index (κ1) is 13.3. The topological polar surface area (TPSA) is 120 Å².